The molecule has 1 saturated carbocycles. The molecule has 2 aromatic heterocycles. The number of H-pyrrole nitrogens is 1. The highest BCUT2D eigenvalue weighted by atomic mass is 32.2. The number of nitrogens with one attached hydrogen (secondary N) is 2. The molecule has 0 saturated heterocycles. The largest absolute Gasteiger partial charge is 0.494 e. The first-order chi connectivity index (χ1) is 15.7. The number of thiophene rings is 1. The van der Waals surface area contributed by atoms with Crippen LogP contribution in [-0.4, -0.2) is 37.8 Å². The summed E-state index contributed by atoms with van der Waals surface area (Å²) in [5.41, 5.74) is 2.47. The third-order valence-corrected chi connectivity index (χ3v) is 8.27. The SMILES string of the molecule is COc1c(-c2cc3c(s2)CCCC3NS(C)(=O)=O)c(C2CC2)cc2c(=O)c(C(=O)O)c[nH]c12. The number of aryl methyl sites for hydroxylation is 1. The summed E-state index contributed by atoms with van der Waals surface area (Å²) in [5, 5.41) is 9.68. The monoisotopic (exact) mass is 488 g/mol. The topological polar surface area (TPSA) is 126 Å². The Hall–Kier alpha value is -2.69. The van der Waals surface area contributed by atoms with Crippen molar-refractivity contribution in [3.8, 4) is 16.2 Å². The zero-order valence-corrected chi connectivity index (χ0v) is 19.9. The fraction of sp³-hybridized carbons (Fsp3) is 0.391. The van der Waals surface area contributed by atoms with Crippen molar-refractivity contribution in [3.63, 3.8) is 0 Å². The van der Waals surface area contributed by atoms with Crippen LogP contribution in [0.3, 0.4) is 0 Å². The molecule has 1 atom stereocenters. The average Bonchev–Trinajstić information content (AvgIpc) is 3.50. The van der Waals surface area contributed by atoms with E-state index in [9.17, 15) is 23.1 Å². The van der Waals surface area contributed by atoms with Crippen molar-refractivity contribution >= 4 is 38.2 Å². The van der Waals surface area contributed by atoms with E-state index in [1.807, 2.05) is 6.07 Å². The van der Waals surface area contributed by atoms with Crippen molar-refractivity contribution in [2.24, 2.45) is 0 Å². The quantitative estimate of drug-likeness (QED) is 0.485. The second-order valence-electron chi connectivity index (χ2n) is 8.73. The third-order valence-electron chi connectivity index (χ3n) is 6.33. The Labute approximate surface area is 194 Å². The molecule has 0 aliphatic heterocycles. The highest BCUT2D eigenvalue weighted by Crippen LogP contribution is 2.52. The number of hydrogen-bond donors (Lipinski definition) is 3. The van der Waals surface area contributed by atoms with Crippen molar-refractivity contribution < 1.29 is 23.1 Å². The predicted molar refractivity (Wildman–Crippen MR) is 127 cm³/mol. The van der Waals surface area contributed by atoms with Crippen molar-refractivity contribution in [3.05, 3.63) is 50.1 Å². The highest BCUT2D eigenvalue weighted by molar-refractivity contribution is 7.88. The van der Waals surface area contributed by atoms with E-state index >= 15 is 0 Å². The first-order valence-corrected chi connectivity index (χ1v) is 13.5. The Morgan fingerprint density at radius 1 is 1.24 bits per heavy atom. The number of pyridine rings is 1. The van der Waals surface area contributed by atoms with Crippen LogP contribution in [-0.2, 0) is 16.4 Å². The molecule has 2 heterocycles. The van der Waals surface area contributed by atoms with E-state index in [0.29, 0.717) is 16.7 Å². The second-order valence-corrected chi connectivity index (χ2v) is 11.6. The minimum absolute atomic E-state index is 0.262. The van der Waals surface area contributed by atoms with Gasteiger partial charge in [-0.05, 0) is 61.3 Å². The number of carboxylic acids is 1. The zero-order chi connectivity index (χ0) is 23.5. The lowest BCUT2D eigenvalue weighted by atomic mass is 9.92. The maximum atomic E-state index is 12.9. The Bertz CT molecular complexity index is 1450. The fourth-order valence-corrected chi connectivity index (χ4v) is 6.84. The second kappa shape index (κ2) is 7.96. The predicted octanol–water partition coefficient (Wildman–Crippen LogP) is 3.77. The molecular formula is C23H24N2O6S2. The maximum absolute atomic E-state index is 12.9. The van der Waals surface area contributed by atoms with Crippen molar-refractivity contribution in [1.82, 2.24) is 9.71 Å². The minimum atomic E-state index is -3.35. The summed E-state index contributed by atoms with van der Waals surface area (Å²) in [6.45, 7) is 0. The van der Waals surface area contributed by atoms with Crippen LogP contribution in [0.4, 0.5) is 0 Å². The van der Waals surface area contributed by atoms with Gasteiger partial charge in [0, 0.05) is 27.6 Å². The van der Waals surface area contributed by atoms with Gasteiger partial charge < -0.3 is 14.8 Å². The summed E-state index contributed by atoms with van der Waals surface area (Å²) in [6.07, 6.45) is 6.88. The third kappa shape index (κ3) is 3.96. The normalized spacial score (nSPS) is 18.3. The Morgan fingerprint density at radius 3 is 2.64 bits per heavy atom. The molecule has 1 unspecified atom stereocenters. The van der Waals surface area contributed by atoms with Gasteiger partial charge in [-0.2, -0.15) is 0 Å². The number of ether oxygens (including phenoxy) is 1. The van der Waals surface area contributed by atoms with Crippen LogP contribution < -0.4 is 14.9 Å². The molecule has 174 valence electrons. The summed E-state index contributed by atoms with van der Waals surface area (Å²) < 4.78 is 32.3. The standard InChI is InChI=1S/C23H24N2O6S2/c1-31-22-19(18-9-13-16(25-33(2,29)30)4-3-5-17(13)32-18)12(11-6-7-11)8-14-20(22)24-10-15(21(14)26)23(27)28/h8-11,16,25H,3-7H2,1-2H3,(H,24,26)(H,27,28). The van der Waals surface area contributed by atoms with E-state index in [2.05, 4.69) is 9.71 Å². The van der Waals surface area contributed by atoms with Crippen LogP contribution in [0.1, 0.15) is 64.0 Å². The van der Waals surface area contributed by atoms with Gasteiger partial charge in [-0.25, -0.2) is 17.9 Å². The van der Waals surface area contributed by atoms with Crippen LogP contribution in [0.5, 0.6) is 5.75 Å². The van der Waals surface area contributed by atoms with Gasteiger partial charge in [-0.1, -0.05) is 0 Å². The van der Waals surface area contributed by atoms with E-state index in [0.717, 1.165) is 58.5 Å². The van der Waals surface area contributed by atoms with Crippen LogP contribution in [0, 0.1) is 0 Å². The first-order valence-electron chi connectivity index (χ1n) is 10.8. The van der Waals surface area contributed by atoms with Crippen LogP contribution in [0.15, 0.2) is 23.1 Å². The van der Waals surface area contributed by atoms with Gasteiger partial charge >= 0.3 is 5.97 Å². The van der Waals surface area contributed by atoms with Crippen molar-refractivity contribution in [2.75, 3.05) is 13.4 Å². The number of carboxylic acid groups (broad SMARTS) is 1. The lowest BCUT2D eigenvalue weighted by molar-refractivity contribution is 0.0695. The molecule has 0 bridgehead atoms. The smallest absolute Gasteiger partial charge is 0.341 e. The molecule has 0 radical (unpaired) electrons. The number of hydrogen-bond acceptors (Lipinski definition) is 6. The lowest BCUT2D eigenvalue weighted by Crippen LogP contribution is -2.29. The van der Waals surface area contributed by atoms with Crippen molar-refractivity contribution in [2.45, 2.75) is 44.1 Å². The van der Waals surface area contributed by atoms with Gasteiger partial charge in [0.25, 0.3) is 0 Å². The number of benzene rings is 1. The molecule has 0 amide bonds. The molecule has 1 aromatic carbocycles. The number of aromatic nitrogens is 1. The van der Waals surface area contributed by atoms with E-state index in [-0.39, 0.29) is 17.5 Å². The summed E-state index contributed by atoms with van der Waals surface area (Å²) in [7, 11) is -1.81. The molecule has 2 aliphatic carbocycles. The lowest BCUT2D eigenvalue weighted by Gasteiger charge is -2.22. The molecular weight excluding hydrogens is 464 g/mol. The van der Waals surface area contributed by atoms with Crippen LogP contribution in [0.25, 0.3) is 21.3 Å². The molecule has 0 spiro atoms. The number of sulfonamides is 1. The number of carbonyl (C=O) groups is 1. The van der Waals surface area contributed by atoms with Gasteiger partial charge in [0.05, 0.1) is 24.3 Å². The minimum Gasteiger partial charge on any atom is -0.494 e. The van der Waals surface area contributed by atoms with Gasteiger partial charge in [0.1, 0.15) is 5.56 Å². The summed E-state index contributed by atoms with van der Waals surface area (Å²) >= 11 is 1.63. The summed E-state index contributed by atoms with van der Waals surface area (Å²) in [5.74, 6) is -0.491. The van der Waals surface area contributed by atoms with E-state index < -0.39 is 21.4 Å². The zero-order valence-electron chi connectivity index (χ0n) is 18.2. The van der Waals surface area contributed by atoms with E-state index in [4.69, 9.17) is 4.74 Å². The molecule has 3 N–H and O–H groups in total. The molecule has 33 heavy (non-hydrogen) atoms. The molecule has 10 heteroatoms. The Kier molecular flexibility index (Phi) is 5.34. The Morgan fingerprint density at radius 2 is 2.00 bits per heavy atom. The van der Waals surface area contributed by atoms with Crippen LogP contribution in [0.2, 0.25) is 0 Å². The number of methoxy groups -OCH3 is 1. The number of aromatic carboxylic acids is 1. The van der Waals surface area contributed by atoms with Crippen LogP contribution >= 0.6 is 11.3 Å². The first kappa shape index (κ1) is 22.1. The van der Waals surface area contributed by atoms with Gasteiger partial charge in [0.15, 0.2) is 5.75 Å². The summed E-state index contributed by atoms with van der Waals surface area (Å²) in [4.78, 5) is 29.5. The average molecular weight is 489 g/mol. The number of rotatable bonds is 6. The van der Waals surface area contributed by atoms with Crippen molar-refractivity contribution in [1.29, 1.82) is 0 Å². The Balaban J connectivity index is 1.74. The number of aromatic amines is 1. The molecule has 1 fully saturated rings. The molecule has 3 aromatic rings. The maximum Gasteiger partial charge on any atom is 0.341 e. The highest BCUT2D eigenvalue weighted by Gasteiger charge is 2.33. The van der Waals surface area contributed by atoms with E-state index in [1.165, 1.54) is 12.5 Å². The molecule has 2 aliphatic rings. The fourth-order valence-electron chi connectivity index (χ4n) is 4.75. The number of fused-ring (bicyclic) bond motifs is 2. The molecule has 5 rings (SSSR count). The van der Waals surface area contributed by atoms with Gasteiger partial charge in [-0.15, -0.1) is 11.3 Å². The van der Waals surface area contributed by atoms with Gasteiger partial charge in [-0.3, -0.25) is 4.79 Å². The summed E-state index contributed by atoms with van der Waals surface area (Å²) in [6, 6.07) is 3.59. The van der Waals surface area contributed by atoms with E-state index in [1.54, 1.807) is 24.5 Å². The molecule has 8 nitrogen and oxygen atoms in total. The van der Waals surface area contributed by atoms with Gasteiger partial charge in [0.2, 0.25) is 15.5 Å².